The molecule has 3 rings (SSSR count). The number of thiophene rings is 1. The van der Waals surface area contributed by atoms with Crippen molar-refractivity contribution in [1.82, 2.24) is 4.90 Å². The Balaban J connectivity index is 1.80. The van der Waals surface area contributed by atoms with Gasteiger partial charge in [-0.15, -0.1) is 11.3 Å². The van der Waals surface area contributed by atoms with E-state index in [9.17, 15) is 0 Å². The number of hydrogen-bond donors (Lipinski definition) is 1. The first-order valence-corrected chi connectivity index (χ1v) is 8.32. The zero-order valence-electron chi connectivity index (χ0n) is 12.4. The largest absolute Gasteiger partial charge is 0.497 e. The Kier molecular flexibility index (Phi) is 4.58. The van der Waals surface area contributed by atoms with E-state index in [1.807, 2.05) is 23.5 Å². The van der Waals surface area contributed by atoms with Crippen molar-refractivity contribution in [2.45, 2.75) is 31.5 Å². The maximum Gasteiger partial charge on any atom is 0.118 e. The van der Waals surface area contributed by atoms with Gasteiger partial charge >= 0.3 is 0 Å². The van der Waals surface area contributed by atoms with Gasteiger partial charge in [0.25, 0.3) is 0 Å². The van der Waals surface area contributed by atoms with E-state index in [0.29, 0.717) is 12.6 Å². The van der Waals surface area contributed by atoms with E-state index < -0.39 is 0 Å². The minimum Gasteiger partial charge on any atom is -0.497 e. The summed E-state index contributed by atoms with van der Waals surface area (Å²) in [4.78, 5) is 3.97. The van der Waals surface area contributed by atoms with Gasteiger partial charge in [0.15, 0.2) is 0 Å². The molecule has 1 aliphatic carbocycles. The van der Waals surface area contributed by atoms with Gasteiger partial charge in [-0.3, -0.25) is 4.90 Å². The standard InChI is InChI=1S/C17H22N2OS/c1-20-15-8-4-13(5-9-15)17(11-18)19(14-6-7-14)12-16-3-2-10-21-16/h2-5,8-10,14,17H,6-7,11-12,18H2,1H3. The summed E-state index contributed by atoms with van der Waals surface area (Å²) in [6.45, 7) is 1.64. The van der Waals surface area contributed by atoms with Gasteiger partial charge < -0.3 is 10.5 Å². The zero-order chi connectivity index (χ0) is 14.7. The van der Waals surface area contributed by atoms with Crippen LogP contribution in [-0.4, -0.2) is 24.6 Å². The van der Waals surface area contributed by atoms with Crippen molar-refractivity contribution in [1.29, 1.82) is 0 Å². The number of benzene rings is 1. The highest BCUT2D eigenvalue weighted by molar-refractivity contribution is 7.09. The quantitative estimate of drug-likeness (QED) is 0.851. The van der Waals surface area contributed by atoms with Gasteiger partial charge in [-0.2, -0.15) is 0 Å². The van der Waals surface area contributed by atoms with E-state index in [2.05, 4.69) is 34.5 Å². The molecule has 1 fully saturated rings. The predicted molar refractivity (Wildman–Crippen MR) is 87.7 cm³/mol. The summed E-state index contributed by atoms with van der Waals surface area (Å²) in [7, 11) is 1.70. The molecule has 21 heavy (non-hydrogen) atoms. The van der Waals surface area contributed by atoms with Crippen LogP contribution in [0.1, 0.15) is 29.3 Å². The van der Waals surface area contributed by atoms with Crippen molar-refractivity contribution < 1.29 is 4.74 Å². The summed E-state index contributed by atoms with van der Waals surface area (Å²) in [5.74, 6) is 0.894. The van der Waals surface area contributed by atoms with Crippen molar-refractivity contribution in [2.75, 3.05) is 13.7 Å². The second-order valence-corrected chi connectivity index (χ2v) is 6.54. The number of rotatable bonds is 7. The fourth-order valence-corrected chi connectivity index (χ4v) is 3.48. The molecule has 1 atom stereocenters. The van der Waals surface area contributed by atoms with Gasteiger partial charge in [0.1, 0.15) is 5.75 Å². The maximum absolute atomic E-state index is 6.10. The van der Waals surface area contributed by atoms with Gasteiger partial charge in [-0.25, -0.2) is 0 Å². The Labute approximate surface area is 130 Å². The molecule has 2 N–H and O–H groups in total. The molecule has 1 saturated carbocycles. The van der Waals surface area contributed by atoms with Crippen LogP contribution in [0.3, 0.4) is 0 Å². The van der Waals surface area contributed by atoms with Crippen LogP contribution in [0.25, 0.3) is 0 Å². The van der Waals surface area contributed by atoms with Crippen LogP contribution in [-0.2, 0) is 6.54 Å². The lowest BCUT2D eigenvalue weighted by atomic mass is 10.0. The average Bonchev–Trinajstić information content (AvgIpc) is 3.25. The smallest absolute Gasteiger partial charge is 0.118 e. The first-order valence-electron chi connectivity index (χ1n) is 7.44. The third-order valence-corrected chi connectivity index (χ3v) is 4.92. The van der Waals surface area contributed by atoms with E-state index in [4.69, 9.17) is 10.5 Å². The Morgan fingerprint density at radius 1 is 1.29 bits per heavy atom. The molecule has 3 nitrogen and oxygen atoms in total. The first-order chi connectivity index (χ1) is 10.3. The number of nitrogens with zero attached hydrogens (tertiary/aromatic N) is 1. The molecule has 0 amide bonds. The van der Waals surface area contributed by atoms with Crippen molar-refractivity contribution in [3.63, 3.8) is 0 Å². The molecule has 1 aliphatic rings. The molecule has 4 heteroatoms. The third-order valence-electron chi connectivity index (χ3n) is 4.06. The monoisotopic (exact) mass is 302 g/mol. The number of hydrogen-bond acceptors (Lipinski definition) is 4. The van der Waals surface area contributed by atoms with Crippen LogP contribution in [0.15, 0.2) is 41.8 Å². The molecule has 0 bridgehead atoms. The third kappa shape index (κ3) is 3.46. The van der Waals surface area contributed by atoms with E-state index in [1.165, 1.54) is 23.3 Å². The number of nitrogens with two attached hydrogens (primary N) is 1. The van der Waals surface area contributed by atoms with E-state index >= 15 is 0 Å². The SMILES string of the molecule is COc1ccc(C(CN)N(Cc2cccs2)C2CC2)cc1. The molecule has 0 spiro atoms. The fourth-order valence-electron chi connectivity index (χ4n) is 2.77. The second-order valence-electron chi connectivity index (χ2n) is 5.51. The van der Waals surface area contributed by atoms with Crippen LogP contribution in [0.4, 0.5) is 0 Å². The topological polar surface area (TPSA) is 38.5 Å². The van der Waals surface area contributed by atoms with Crippen molar-refractivity contribution in [3.05, 3.63) is 52.2 Å². The van der Waals surface area contributed by atoms with Crippen molar-refractivity contribution in [2.24, 2.45) is 5.73 Å². The first kappa shape index (κ1) is 14.6. The minimum absolute atomic E-state index is 0.283. The van der Waals surface area contributed by atoms with Crippen LogP contribution in [0.5, 0.6) is 5.75 Å². The molecule has 112 valence electrons. The summed E-state index contributed by atoms with van der Waals surface area (Å²) in [6, 6.07) is 13.6. The molecule has 1 heterocycles. The molecule has 1 aromatic heterocycles. The number of methoxy groups -OCH3 is 1. The average molecular weight is 302 g/mol. The van der Waals surface area contributed by atoms with Gasteiger partial charge in [0, 0.05) is 30.1 Å². The van der Waals surface area contributed by atoms with E-state index in [-0.39, 0.29) is 6.04 Å². The molecule has 1 unspecified atom stereocenters. The highest BCUT2D eigenvalue weighted by atomic mass is 32.1. The lowest BCUT2D eigenvalue weighted by Crippen LogP contribution is -2.34. The van der Waals surface area contributed by atoms with Gasteiger partial charge in [-0.05, 0) is 42.0 Å². The van der Waals surface area contributed by atoms with E-state index in [1.54, 1.807) is 7.11 Å². The molecular weight excluding hydrogens is 280 g/mol. The van der Waals surface area contributed by atoms with Crippen LogP contribution in [0.2, 0.25) is 0 Å². The Bertz CT molecular complexity index is 549. The van der Waals surface area contributed by atoms with Crippen molar-refractivity contribution in [3.8, 4) is 5.75 Å². The summed E-state index contributed by atoms with van der Waals surface area (Å²) in [5.41, 5.74) is 7.38. The zero-order valence-corrected chi connectivity index (χ0v) is 13.2. The number of ether oxygens (including phenoxy) is 1. The van der Waals surface area contributed by atoms with Crippen LogP contribution < -0.4 is 10.5 Å². The normalized spacial score (nSPS) is 16.1. The molecule has 0 radical (unpaired) electrons. The fraction of sp³-hybridized carbons (Fsp3) is 0.412. The Morgan fingerprint density at radius 2 is 2.05 bits per heavy atom. The summed E-state index contributed by atoms with van der Waals surface area (Å²) >= 11 is 1.82. The van der Waals surface area contributed by atoms with Crippen LogP contribution >= 0.6 is 11.3 Å². The van der Waals surface area contributed by atoms with Gasteiger partial charge in [-0.1, -0.05) is 18.2 Å². The van der Waals surface area contributed by atoms with Gasteiger partial charge in [0.2, 0.25) is 0 Å². The summed E-state index contributed by atoms with van der Waals surface area (Å²) in [6.07, 6.45) is 2.58. The van der Waals surface area contributed by atoms with E-state index in [0.717, 1.165) is 12.3 Å². The molecule has 2 aromatic rings. The molecular formula is C17H22N2OS. The summed E-state index contributed by atoms with van der Waals surface area (Å²) in [5, 5.41) is 2.14. The van der Waals surface area contributed by atoms with Gasteiger partial charge in [0.05, 0.1) is 7.11 Å². The summed E-state index contributed by atoms with van der Waals surface area (Å²) < 4.78 is 5.24. The molecule has 1 aromatic carbocycles. The minimum atomic E-state index is 0.283. The Hall–Kier alpha value is -1.36. The molecule has 0 saturated heterocycles. The highest BCUT2D eigenvalue weighted by Crippen LogP contribution is 2.36. The van der Waals surface area contributed by atoms with Crippen LogP contribution in [0, 0.1) is 0 Å². The molecule has 0 aliphatic heterocycles. The lowest BCUT2D eigenvalue weighted by Gasteiger charge is -2.31. The van der Waals surface area contributed by atoms with Crippen molar-refractivity contribution >= 4 is 11.3 Å². The predicted octanol–water partition coefficient (Wildman–Crippen LogP) is 3.42. The highest BCUT2D eigenvalue weighted by Gasteiger charge is 2.34. The second kappa shape index (κ2) is 6.60. The lowest BCUT2D eigenvalue weighted by molar-refractivity contribution is 0.183. The maximum atomic E-state index is 6.10. The Morgan fingerprint density at radius 3 is 2.57 bits per heavy atom.